The van der Waals surface area contributed by atoms with Crippen LogP contribution in [0.4, 0.5) is 5.69 Å². The van der Waals surface area contributed by atoms with Gasteiger partial charge in [-0.05, 0) is 29.6 Å². The molecule has 1 amide bonds. The van der Waals surface area contributed by atoms with Gasteiger partial charge >= 0.3 is 23.9 Å². The number of ether oxygens (including phenoxy) is 6. The number of benzene rings is 1. The van der Waals surface area contributed by atoms with E-state index in [1.807, 2.05) is 0 Å². The van der Waals surface area contributed by atoms with Gasteiger partial charge in [0.05, 0.1) is 19.4 Å². The van der Waals surface area contributed by atoms with Crippen molar-refractivity contribution in [3.8, 4) is 5.75 Å². The first-order valence-corrected chi connectivity index (χ1v) is 12.0. The zero-order chi connectivity index (χ0) is 29.8. The van der Waals surface area contributed by atoms with E-state index in [1.54, 1.807) is 0 Å². The SMILES string of the molecule is COC(=O)[C@H]1O[C@@H](Oc2ccc(CO)cc2NC(=O)CCCN=[N+]=[N-])[C@H](OC(C)=O)[C@@H](OC(C)=O)[C@@H]1OC(C)=O. The number of methoxy groups -OCH3 is 1. The summed E-state index contributed by atoms with van der Waals surface area (Å²) in [6, 6.07) is 4.26. The van der Waals surface area contributed by atoms with Crippen LogP contribution in [-0.2, 0) is 54.3 Å². The van der Waals surface area contributed by atoms with Crippen LogP contribution in [0.2, 0.25) is 0 Å². The average molecular weight is 567 g/mol. The largest absolute Gasteiger partial charge is 0.467 e. The van der Waals surface area contributed by atoms with Crippen LogP contribution in [-0.4, -0.2) is 79.3 Å². The maximum atomic E-state index is 12.6. The van der Waals surface area contributed by atoms with E-state index in [2.05, 4.69) is 15.3 Å². The van der Waals surface area contributed by atoms with Crippen molar-refractivity contribution in [2.45, 2.75) is 70.9 Å². The predicted octanol–water partition coefficient (Wildman–Crippen LogP) is 1.28. The van der Waals surface area contributed by atoms with Gasteiger partial charge in [-0.25, -0.2) is 4.79 Å². The monoisotopic (exact) mass is 566 g/mol. The Balaban J connectivity index is 2.50. The van der Waals surface area contributed by atoms with E-state index in [1.165, 1.54) is 18.2 Å². The van der Waals surface area contributed by atoms with E-state index < -0.39 is 60.5 Å². The first kappa shape index (κ1) is 31.8. The first-order chi connectivity index (χ1) is 19.0. The van der Waals surface area contributed by atoms with Crippen LogP contribution < -0.4 is 10.1 Å². The average Bonchev–Trinajstić information content (AvgIpc) is 2.89. The Kier molecular flexibility index (Phi) is 12.1. The molecule has 0 saturated carbocycles. The smallest absolute Gasteiger partial charge is 0.339 e. The Bertz CT molecular complexity index is 1150. The highest BCUT2D eigenvalue weighted by molar-refractivity contribution is 5.92. The molecular formula is C24H30N4O12. The topological polar surface area (TPSA) is 222 Å². The van der Waals surface area contributed by atoms with Crippen LogP contribution in [0.1, 0.15) is 39.2 Å². The lowest BCUT2D eigenvalue weighted by Gasteiger charge is -2.43. The van der Waals surface area contributed by atoms with Gasteiger partial charge in [0.1, 0.15) is 5.75 Å². The molecule has 0 unspecified atom stereocenters. The van der Waals surface area contributed by atoms with Crippen molar-refractivity contribution in [3.63, 3.8) is 0 Å². The molecule has 1 aromatic rings. The van der Waals surface area contributed by atoms with Crippen LogP contribution in [0.3, 0.4) is 0 Å². The number of nitrogens with one attached hydrogen (secondary N) is 1. The fourth-order valence-corrected chi connectivity index (χ4v) is 3.74. The number of rotatable bonds is 12. The van der Waals surface area contributed by atoms with Gasteiger partial charge in [-0.2, -0.15) is 0 Å². The second-order valence-electron chi connectivity index (χ2n) is 8.38. The number of anilines is 1. The van der Waals surface area contributed by atoms with Crippen LogP contribution in [0.25, 0.3) is 10.4 Å². The number of hydrogen-bond donors (Lipinski definition) is 2. The van der Waals surface area contributed by atoms with Gasteiger partial charge in [0.25, 0.3) is 0 Å². The molecule has 0 radical (unpaired) electrons. The molecule has 1 heterocycles. The molecule has 5 atom stereocenters. The number of nitrogens with zero attached hydrogens (tertiary/aromatic N) is 3. The highest BCUT2D eigenvalue weighted by Gasteiger charge is 2.56. The molecule has 2 rings (SSSR count). The molecule has 1 aliphatic rings. The van der Waals surface area contributed by atoms with E-state index in [-0.39, 0.29) is 37.4 Å². The van der Waals surface area contributed by atoms with Crippen molar-refractivity contribution in [1.82, 2.24) is 0 Å². The maximum absolute atomic E-state index is 12.6. The van der Waals surface area contributed by atoms with Crippen molar-refractivity contribution in [2.24, 2.45) is 5.11 Å². The summed E-state index contributed by atoms with van der Waals surface area (Å²) in [6.45, 7) is 2.89. The minimum absolute atomic E-state index is 0.0131. The van der Waals surface area contributed by atoms with E-state index in [0.717, 1.165) is 27.9 Å². The lowest BCUT2D eigenvalue weighted by Crippen LogP contribution is -2.64. The summed E-state index contributed by atoms with van der Waals surface area (Å²) in [7, 11) is 1.05. The molecule has 0 aliphatic carbocycles. The Hall–Kier alpha value is -4.40. The quantitative estimate of drug-likeness (QED) is 0.0912. The van der Waals surface area contributed by atoms with Crippen molar-refractivity contribution in [2.75, 3.05) is 19.0 Å². The van der Waals surface area contributed by atoms with Crippen LogP contribution in [0, 0.1) is 0 Å². The van der Waals surface area contributed by atoms with E-state index >= 15 is 0 Å². The second-order valence-corrected chi connectivity index (χ2v) is 8.38. The minimum Gasteiger partial charge on any atom is -0.467 e. The molecule has 218 valence electrons. The number of aliphatic hydroxyl groups excluding tert-OH is 1. The Morgan fingerprint density at radius 1 is 1.02 bits per heavy atom. The number of amides is 1. The van der Waals surface area contributed by atoms with Gasteiger partial charge in [0.15, 0.2) is 18.3 Å². The summed E-state index contributed by atoms with van der Waals surface area (Å²) in [5.41, 5.74) is 8.86. The summed E-state index contributed by atoms with van der Waals surface area (Å²) in [4.78, 5) is 63.5. The molecule has 2 N–H and O–H groups in total. The predicted molar refractivity (Wildman–Crippen MR) is 132 cm³/mol. The summed E-state index contributed by atoms with van der Waals surface area (Å²) < 4.78 is 32.3. The third-order valence-electron chi connectivity index (χ3n) is 5.30. The molecule has 16 nitrogen and oxygen atoms in total. The third kappa shape index (κ3) is 9.11. The molecular weight excluding hydrogens is 536 g/mol. The molecule has 0 spiro atoms. The van der Waals surface area contributed by atoms with Crippen molar-refractivity contribution in [1.29, 1.82) is 0 Å². The van der Waals surface area contributed by atoms with Crippen LogP contribution >= 0.6 is 0 Å². The fourth-order valence-electron chi connectivity index (χ4n) is 3.74. The molecule has 1 saturated heterocycles. The summed E-state index contributed by atoms with van der Waals surface area (Å²) >= 11 is 0. The molecule has 1 aliphatic heterocycles. The summed E-state index contributed by atoms with van der Waals surface area (Å²) in [5, 5.41) is 15.5. The van der Waals surface area contributed by atoms with Gasteiger partial charge in [0, 0.05) is 38.6 Å². The van der Waals surface area contributed by atoms with Gasteiger partial charge in [-0.3, -0.25) is 19.2 Å². The number of hydrogen-bond acceptors (Lipinski definition) is 13. The Morgan fingerprint density at radius 2 is 1.65 bits per heavy atom. The maximum Gasteiger partial charge on any atom is 0.339 e. The van der Waals surface area contributed by atoms with Crippen molar-refractivity contribution >= 4 is 35.5 Å². The number of esters is 4. The summed E-state index contributed by atoms with van der Waals surface area (Å²) in [5.74, 6) is -4.09. The highest BCUT2D eigenvalue weighted by Crippen LogP contribution is 2.34. The Morgan fingerprint density at radius 3 is 2.23 bits per heavy atom. The first-order valence-electron chi connectivity index (χ1n) is 12.0. The molecule has 16 heteroatoms. The number of aliphatic hydroxyl groups is 1. The fraction of sp³-hybridized carbons (Fsp3) is 0.542. The molecule has 1 aromatic carbocycles. The lowest BCUT2D eigenvalue weighted by atomic mass is 9.97. The van der Waals surface area contributed by atoms with Crippen LogP contribution in [0.5, 0.6) is 5.75 Å². The molecule has 0 bridgehead atoms. The zero-order valence-electron chi connectivity index (χ0n) is 22.2. The second kappa shape index (κ2) is 15.3. The minimum atomic E-state index is -1.68. The normalized spacial score (nSPS) is 21.7. The van der Waals surface area contributed by atoms with E-state index in [4.69, 9.17) is 34.0 Å². The molecule has 0 aromatic heterocycles. The van der Waals surface area contributed by atoms with Crippen molar-refractivity contribution in [3.05, 3.63) is 34.2 Å². The van der Waals surface area contributed by atoms with Crippen molar-refractivity contribution < 1.29 is 57.5 Å². The lowest BCUT2D eigenvalue weighted by molar-refractivity contribution is -0.282. The third-order valence-corrected chi connectivity index (χ3v) is 5.30. The standard InChI is InChI=1S/C24H30N4O12/c1-12(30)36-19-20(37-13(2)31)22(38-14(3)32)24(40-21(19)23(34)35-4)39-17-8-7-15(11-29)10-16(17)27-18(33)6-5-9-26-28-25/h7-8,10,19-22,24,29H,5-6,9,11H2,1-4H3,(H,27,33)/t19-,20-,21-,22+,24+/m0/s1. The van der Waals surface area contributed by atoms with Gasteiger partial charge in [0.2, 0.25) is 18.3 Å². The van der Waals surface area contributed by atoms with Crippen LogP contribution in [0.15, 0.2) is 23.3 Å². The number of carbonyl (C=O) groups excluding carboxylic acids is 5. The molecule has 40 heavy (non-hydrogen) atoms. The number of azide groups is 1. The molecule has 1 fully saturated rings. The highest BCUT2D eigenvalue weighted by atomic mass is 16.7. The zero-order valence-corrected chi connectivity index (χ0v) is 22.2. The van der Waals surface area contributed by atoms with Gasteiger partial charge in [-0.15, -0.1) is 0 Å². The Labute approximate surface area is 228 Å². The van der Waals surface area contributed by atoms with Gasteiger partial charge in [-0.1, -0.05) is 11.2 Å². The van der Waals surface area contributed by atoms with E-state index in [0.29, 0.717) is 5.56 Å². The number of carbonyl (C=O) groups is 5. The van der Waals surface area contributed by atoms with E-state index in [9.17, 15) is 29.1 Å². The summed E-state index contributed by atoms with van der Waals surface area (Å²) in [6.07, 6.45) is -7.78. The van der Waals surface area contributed by atoms with Gasteiger partial charge < -0.3 is 38.8 Å².